The van der Waals surface area contributed by atoms with Crippen LogP contribution in [0, 0.1) is 5.82 Å². The fourth-order valence-electron chi connectivity index (χ4n) is 2.31. The molecule has 3 aromatic rings. The molecule has 1 heterocycles. The molecule has 132 valence electrons. The van der Waals surface area contributed by atoms with Gasteiger partial charge in [0.25, 0.3) is 5.56 Å². The fraction of sp³-hybridized carbons (Fsp3) is 0.167. The molecule has 0 aliphatic carbocycles. The van der Waals surface area contributed by atoms with E-state index in [4.69, 9.17) is 4.74 Å². The molecule has 0 N–H and O–H groups in total. The summed E-state index contributed by atoms with van der Waals surface area (Å²) in [4.78, 5) is 35.9. The van der Waals surface area contributed by atoms with Crippen molar-refractivity contribution in [3.8, 4) is 0 Å². The van der Waals surface area contributed by atoms with E-state index in [1.54, 1.807) is 24.3 Å². The number of halogens is 1. The molecule has 0 atom stereocenters. The van der Waals surface area contributed by atoms with E-state index >= 15 is 0 Å². The van der Waals surface area contributed by atoms with E-state index in [1.807, 2.05) is 0 Å². The normalized spacial score (nSPS) is 10.7. The first-order valence-corrected chi connectivity index (χ1v) is 7.81. The zero-order chi connectivity index (χ0) is 18.5. The SMILES string of the molecule is O=C(CCC(=O)c1ccc(F)cc1)OCn1nnc2ccccc2c1=O. The highest BCUT2D eigenvalue weighted by Gasteiger charge is 2.12. The van der Waals surface area contributed by atoms with Crippen molar-refractivity contribution in [1.82, 2.24) is 15.0 Å². The summed E-state index contributed by atoms with van der Waals surface area (Å²) in [5, 5.41) is 7.95. The molecule has 0 saturated carbocycles. The Morgan fingerprint density at radius 1 is 1.04 bits per heavy atom. The Balaban J connectivity index is 1.56. The molecule has 0 aliphatic rings. The quantitative estimate of drug-likeness (QED) is 0.497. The van der Waals surface area contributed by atoms with Gasteiger partial charge in [0.05, 0.1) is 11.8 Å². The standard InChI is InChI=1S/C18H14FN3O4/c19-13-7-5-12(6-8-13)16(23)9-10-17(24)26-11-22-18(25)14-3-1-2-4-15(14)20-21-22/h1-8H,9-11H2. The van der Waals surface area contributed by atoms with Crippen LogP contribution >= 0.6 is 0 Å². The number of esters is 1. The number of ketones is 1. The Labute approximate surface area is 147 Å². The molecule has 7 nitrogen and oxygen atoms in total. The lowest BCUT2D eigenvalue weighted by Crippen LogP contribution is -2.26. The Morgan fingerprint density at radius 2 is 1.77 bits per heavy atom. The molecule has 1 aromatic heterocycles. The molecule has 0 aliphatic heterocycles. The first-order valence-electron chi connectivity index (χ1n) is 7.81. The second kappa shape index (κ2) is 7.64. The number of nitrogens with zero attached hydrogens (tertiary/aromatic N) is 3. The molecule has 0 spiro atoms. The van der Waals surface area contributed by atoms with Crippen molar-refractivity contribution in [1.29, 1.82) is 0 Å². The van der Waals surface area contributed by atoms with E-state index in [2.05, 4.69) is 10.3 Å². The zero-order valence-electron chi connectivity index (χ0n) is 13.6. The van der Waals surface area contributed by atoms with Crippen LogP contribution in [0.1, 0.15) is 23.2 Å². The number of hydrogen-bond acceptors (Lipinski definition) is 6. The van der Waals surface area contributed by atoms with Crippen molar-refractivity contribution in [2.75, 3.05) is 0 Å². The highest BCUT2D eigenvalue weighted by molar-refractivity contribution is 5.97. The van der Waals surface area contributed by atoms with Crippen molar-refractivity contribution >= 4 is 22.7 Å². The number of ether oxygens (including phenoxy) is 1. The minimum Gasteiger partial charge on any atom is -0.442 e. The summed E-state index contributed by atoms with van der Waals surface area (Å²) in [6.45, 7) is -0.389. The first kappa shape index (κ1) is 17.4. The van der Waals surface area contributed by atoms with Gasteiger partial charge in [-0.1, -0.05) is 17.3 Å². The van der Waals surface area contributed by atoms with E-state index in [9.17, 15) is 18.8 Å². The monoisotopic (exact) mass is 355 g/mol. The van der Waals surface area contributed by atoms with Gasteiger partial charge in [0.15, 0.2) is 12.5 Å². The molecule has 0 saturated heterocycles. The van der Waals surface area contributed by atoms with Crippen molar-refractivity contribution in [3.05, 3.63) is 70.3 Å². The van der Waals surface area contributed by atoms with Crippen molar-refractivity contribution in [2.24, 2.45) is 0 Å². The Morgan fingerprint density at radius 3 is 2.54 bits per heavy atom. The molecule has 0 amide bonds. The van der Waals surface area contributed by atoms with Gasteiger partial charge in [0.1, 0.15) is 11.3 Å². The van der Waals surface area contributed by atoms with Gasteiger partial charge >= 0.3 is 5.97 Å². The lowest BCUT2D eigenvalue weighted by Gasteiger charge is -2.06. The molecule has 3 rings (SSSR count). The smallest absolute Gasteiger partial charge is 0.308 e. The van der Waals surface area contributed by atoms with Crippen molar-refractivity contribution in [3.63, 3.8) is 0 Å². The van der Waals surface area contributed by atoms with Gasteiger partial charge < -0.3 is 4.74 Å². The van der Waals surface area contributed by atoms with E-state index < -0.39 is 17.3 Å². The third kappa shape index (κ3) is 3.97. The van der Waals surface area contributed by atoms with Crippen LogP contribution < -0.4 is 5.56 Å². The maximum absolute atomic E-state index is 12.8. The predicted octanol–water partition coefficient (Wildman–Crippen LogP) is 2.09. The first-order chi connectivity index (χ1) is 12.5. The van der Waals surface area contributed by atoms with E-state index in [0.717, 1.165) is 4.68 Å². The topological polar surface area (TPSA) is 91.2 Å². The van der Waals surface area contributed by atoms with Gasteiger partial charge in [-0.2, -0.15) is 4.68 Å². The van der Waals surface area contributed by atoms with Crippen LogP contribution in [0.25, 0.3) is 10.9 Å². The van der Waals surface area contributed by atoms with Gasteiger partial charge in [0.2, 0.25) is 0 Å². The molecule has 0 unspecified atom stereocenters. The number of carbonyl (C=O) groups excluding carboxylic acids is 2. The average Bonchev–Trinajstić information content (AvgIpc) is 2.66. The molecule has 0 bridgehead atoms. The third-order valence-electron chi connectivity index (χ3n) is 3.70. The number of aromatic nitrogens is 3. The van der Waals surface area contributed by atoms with Crippen LogP contribution in [0.2, 0.25) is 0 Å². The van der Waals surface area contributed by atoms with Crippen LogP contribution in [-0.4, -0.2) is 26.7 Å². The highest BCUT2D eigenvalue weighted by atomic mass is 19.1. The lowest BCUT2D eigenvalue weighted by molar-refractivity contribution is -0.148. The second-order valence-electron chi connectivity index (χ2n) is 5.49. The lowest BCUT2D eigenvalue weighted by atomic mass is 10.1. The molecular weight excluding hydrogens is 341 g/mol. The summed E-state index contributed by atoms with van der Waals surface area (Å²) >= 11 is 0. The molecule has 0 fully saturated rings. The highest BCUT2D eigenvalue weighted by Crippen LogP contribution is 2.08. The number of rotatable bonds is 6. The van der Waals surface area contributed by atoms with Crippen molar-refractivity contribution < 1.29 is 18.7 Å². The maximum Gasteiger partial charge on any atom is 0.308 e. The molecule has 26 heavy (non-hydrogen) atoms. The van der Waals surface area contributed by atoms with E-state index in [-0.39, 0.29) is 25.4 Å². The maximum atomic E-state index is 12.8. The molecule has 0 radical (unpaired) electrons. The number of fused-ring (bicyclic) bond motifs is 1. The van der Waals surface area contributed by atoms with Crippen LogP contribution in [0.5, 0.6) is 0 Å². The van der Waals surface area contributed by atoms with Crippen LogP contribution in [-0.2, 0) is 16.3 Å². The van der Waals surface area contributed by atoms with E-state index in [0.29, 0.717) is 16.5 Å². The minimum atomic E-state index is -0.651. The third-order valence-corrected chi connectivity index (χ3v) is 3.70. The van der Waals surface area contributed by atoms with E-state index in [1.165, 1.54) is 24.3 Å². The minimum absolute atomic E-state index is 0.0806. The van der Waals surface area contributed by atoms with Crippen molar-refractivity contribution in [2.45, 2.75) is 19.6 Å². The molecular formula is C18H14FN3O4. The predicted molar refractivity (Wildman–Crippen MR) is 89.9 cm³/mol. The van der Waals surface area contributed by atoms with Crippen LogP contribution in [0.3, 0.4) is 0 Å². The van der Waals surface area contributed by atoms with Crippen LogP contribution in [0.15, 0.2) is 53.3 Å². The Kier molecular flexibility index (Phi) is 5.12. The number of carbonyl (C=O) groups is 2. The summed E-state index contributed by atoms with van der Waals surface area (Å²) in [7, 11) is 0. The Hall–Kier alpha value is -3.42. The second-order valence-corrected chi connectivity index (χ2v) is 5.49. The number of hydrogen-bond donors (Lipinski definition) is 0. The van der Waals surface area contributed by atoms with Gasteiger partial charge in [-0.05, 0) is 36.4 Å². The summed E-state index contributed by atoms with van der Waals surface area (Å²) in [6, 6.07) is 11.8. The molecule has 2 aromatic carbocycles. The summed E-state index contributed by atoms with van der Waals surface area (Å²) in [6.07, 6.45) is -0.241. The summed E-state index contributed by atoms with van der Waals surface area (Å²) in [5.74, 6) is -1.39. The number of benzene rings is 2. The average molecular weight is 355 g/mol. The summed E-state index contributed by atoms with van der Waals surface area (Å²) in [5.41, 5.74) is 0.339. The largest absolute Gasteiger partial charge is 0.442 e. The van der Waals surface area contributed by atoms with Gasteiger partial charge in [-0.15, -0.1) is 5.10 Å². The zero-order valence-corrected chi connectivity index (χ0v) is 13.6. The molecule has 8 heteroatoms. The van der Waals surface area contributed by atoms with Gasteiger partial charge in [0, 0.05) is 12.0 Å². The van der Waals surface area contributed by atoms with Crippen LogP contribution in [0.4, 0.5) is 4.39 Å². The number of Topliss-reactive ketones (excluding diaryl/α,β-unsaturated/α-hetero) is 1. The Bertz CT molecular complexity index is 1010. The summed E-state index contributed by atoms with van der Waals surface area (Å²) < 4.78 is 18.7. The fourth-order valence-corrected chi connectivity index (χ4v) is 2.31. The van der Waals surface area contributed by atoms with Gasteiger partial charge in [-0.25, -0.2) is 4.39 Å². The van der Waals surface area contributed by atoms with Gasteiger partial charge in [-0.3, -0.25) is 14.4 Å².